The van der Waals surface area contributed by atoms with Crippen molar-refractivity contribution in [1.82, 2.24) is 5.32 Å². The number of methoxy groups -OCH3 is 1. The molecule has 1 aromatic carbocycles. The maximum absolute atomic E-state index is 5.42. The van der Waals surface area contributed by atoms with Crippen LogP contribution in [0.25, 0.3) is 0 Å². The van der Waals surface area contributed by atoms with Gasteiger partial charge < -0.3 is 10.1 Å². The van der Waals surface area contributed by atoms with Crippen molar-refractivity contribution in [2.45, 2.75) is 25.2 Å². The average molecular weight is 205 g/mol. The zero-order valence-corrected chi connectivity index (χ0v) is 9.55. The molecule has 1 aromatic rings. The zero-order valence-electron chi connectivity index (χ0n) is 9.55. The molecule has 82 valence electrons. The first-order chi connectivity index (χ1) is 7.36. The van der Waals surface area contributed by atoms with Crippen LogP contribution in [0.3, 0.4) is 0 Å². The van der Waals surface area contributed by atoms with Gasteiger partial charge in [-0.2, -0.15) is 0 Å². The van der Waals surface area contributed by atoms with Gasteiger partial charge in [0.15, 0.2) is 0 Å². The second-order valence-corrected chi connectivity index (χ2v) is 4.17. The summed E-state index contributed by atoms with van der Waals surface area (Å²) in [6.45, 7) is 1.07. The third-order valence-electron chi connectivity index (χ3n) is 3.26. The maximum atomic E-state index is 5.42. The number of rotatable bonds is 3. The summed E-state index contributed by atoms with van der Waals surface area (Å²) in [4.78, 5) is 0. The van der Waals surface area contributed by atoms with Crippen molar-refractivity contribution in [2.75, 3.05) is 20.7 Å². The zero-order chi connectivity index (χ0) is 10.7. The summed E-state index contributed by atoms with van der Waals surface area (Å²) in [7, 11) is 3.78. The molecule has 2 rings (SSSR count). The molecule has 2 heteroatoms. The van der Waals surface area contributed by atoms with E-state index in [0.29, 0.717) is 5.92 Å². The fourth-order valence-corrected chi connectivity index (χ4v) is 2.56. The van der Waals surface area contributed by atoms with Crippen molar-refractivity contribution in [3.05, 3.63) is 29.3 Å². The molecule has 0 unspecified atom stereocenters. The fraction of sp³-hybridized carbons (Fsp3) is 0.538. The van der Waals surface area contributed by atoms with Crippen molar-refractivity contribution < 1.29 is 4.74 Å². The summed E-state index contributed by atoms with van der Waals surface area (Å²) in [6, 6.07) is 6.42. The molecule has 1 atom stereocenters. The van der Waals surface area contributed by atoms with Gasteiger partial charge in [0.25, 0.3) is 0 Å². The van der Waals surface area contributed by atoms with Crippen molar-refractivity contribution in [2.24, 2.45) is 0 Å². The first-order valence-electron chi connectivity index (χ1n) is 5.67. The van der Waals surface area contributed by atoms with Crippen LogP contribution < -0.4 is 10.1 Å². The van der Waals surface area contributed by atoms with Crippen molar-refractivity contribution in [3.8, 4) is 5.75 Å². The molecule has 0 heterocycles. The lowest BCUT2D eigenvalue weighted by molar-refractivity contribution is 0.402. The lowest BCUT2D eigenvalue weighted by Gasteiger charge is -2.26. The van der Waals surface area contributed by atoms with Crippen molar-refractivity contribution in [3.63, 3.8) is 0 Å². The van der Waals surface area contributed by atoms with E-state index in [2.05, 4.69) is 23.5 Å². The molecule has 15 heavy (non-hydrogen) atoms. The van der Waals surface area contributed by atoms with Crippen molar-refractivity contribution in [1.29, 1.82) is 0 Å². The Bertz CT molecular complexity index is 335. The first kappa shape index (κ1) is 10.5. The Labute approximate surface area is 91.6 Å². The molecule has 0 fully saturated rings. The highest BCUT2D eigenvalue weighted by Crippen LogP contribution is 2.36. The summed E-state index contributed by atoms with van der Waals surface area (Å²) >= 11 is 0. The van der Waals surface area contributed by atoms with E-state index in [1.165, 1.54) is 30.4 Å². The number of likely N-dealkylation sites (N-methyl/N-ethyl adjacent to an activating group) is 1. The van der Waals surface area contributed by atoms with Crippen LogP contribution >= 0.6 is 0 Å². The molecule has 0 spiro atoms. The predicted molar refractivity (Wildman–Crippen MR) is 62.6 cm³/mol. The largest absolute Gasteiger partial charge is 0.496 e. The molecule has 0 aromatic heterocycles. The van der Waals surface area contributed by atoms with E-state index >= 15 is 0 Å². The van der Waals surface area contributed by atoms with Crippen LogP contribution in [0.1, 0.15) is 29.9 Å². The number of hydrogen-bond acceptors (Lipinski definition) is 2. The Hall–Kier alpha value is -1.02. The van der Waals surface area contributed by atoms with Crippen molar-refractivity contribution >= 4 is 0 Å². The van der Waals surface area contributed by atoms with Crippen LogP contribution in [0.2, 0.25) is 0 Å². The second kappa shape index (κ2) is 4.67. The van der Waals surface area contributed by atoms with E-state index in [1.54, 1.807) is 7.11 Å². The first-order valence-corrected chi connectivity index (χ1v) is 5.67. The molecule has 0 radical (unpaired) electrons. The molecule has 0 bridgehead atoms. The minimum absolute atomic E-state index is 0.661. The molecular weight excluding hydrogens is 186 g/mol. The normalized spacial score (nSPS) is 19.7. The molecule has 1 N–H and O–H groups in total. The summed E-state index contributed by atoms with van der Waals surface area (Å²) in [5.41, 5.74) is 2.90. The lowest BCUT2D eigenvalue weighted by Crippen LogP contribution is -2.21. The summed E-state index contributed by atoms with van der Waals surface area (Å²) in [5, 5.41) is 3.27. The highest BCUT2D eigenvalue weighted by molar-refractivity contribution is 5.43. The van der Waals surface area contributed by atoms with Crippen LogP contribution in [-0.2, 0) is 6.42 Å². The van der Waals surface area contributed by atoms with Gasteiger partial charge in [-0.1, -0.05) is 12.1 Å². The molecular formula is C13H19NO. The van der Waals surface area contributed by atoms with E-state index in [9.17, 15) is 0 Å². The number of fused-ring (bicyclic) bond motifs is 1. The quantitative estimate of drug-likeness (QED) is 0.817. The maximum Gasteiger partial charge on any atom is 0.122 e. The molecule has 1 aliphatic carbocycles. The van der Waals surface area contributed by atoms with E-state index in [4.69, 9.17) is 4.74 Å². The van der Waals surface area contributed by atoms with Gasteiger partial charge in [0, 0.05) is 6.54 Å². The molecule has 0 saturated heterocycles. The summed E-state index contributed by atoms with van der Waals surface area (Å²) in [5.74, 6) is 1.72. The number of benzene rings is 1. The Balaban J connectivity index is 2.35. The third-order valence-corrected chi connectivity index (χ3v) is 3.26. The number of ether oxygens (including phenoxy) is 1. The SMILES string of the molecule is CNC[C@@H]1CCCc2c(OC)cccc21. The third kappa shape index (κ3) is 2.00. The van der Waals surface area contributed by atoms with E-state index in [1.807, 2.05) is 7.05 Å². The Morgan fingerprint density at radius 1 is 1.47 bits per heavy atom. The average Bonchev–Trinajstić information content (AvgIpc) is 2.29. The van der Waals surface area contributed by atoms with Gasteiger partial charge in [0.2, 0.25) is 0 Å². The Morgan fingerprint density at radius 3 is 3.07 bits per heavy atom. The molecule has 0 aliphatic heterocycles. The monoisotopic (exact) mass is 205 g/mol. The molecule has 0 amide bonds. The minimum Gasteiger partial charge on any atom is -0.496 e. The van der Waals surface area contributed by atoms with Crippen LogP contribution in [-0.4, -0.2) is 20.7 Å². The second-order valence-electron chi connectivity index (χ2n) is 4.17. The van der Waals surface area contributed by atoms with E-state index in [-0.39, 0.29) is 0 Å². The lowest BCUT2D eigenvalue weighted by atomic mass is 9.82. The van der Waals surface area contributed by atoms with E-state index < -0.39 is 0 Å². The van der Waals surface area contributed by atoms with Gasteiger partial charge in [-0.05, 0) is 49.4 Å². The number of nitrogens with one attached hydrogen (secondary N) is 1. The number of hydrogen-bond donors (Lipinski definition) is 1. The summed E-state index contributed by atoms with van der Waals surface area (Å²) in [6.07, 6.45) is 3.74. The van der Waals surface area contributed by atoms with Crippen LogP contribution in [0.5, 0.6) is 5.75 Å². The van der Waals surface area contributed by atoms with Gasteiger partial charge in [-0.3, -0.25) is 0 Å². The highest BCUT2D eigenvalue weighted by atomic mass is 16.5. The topological polar surface area (TPSA) is 21.3 Å². The molecule has 1 aliphatic rings. The molecule has 0 saturated carbocycles. The van der Waals surface area contributed by atoms with Gasteiger partial charge in [0.1, 0.15) is 5.75 Å². The van der Waals surface area contributed by atoms with Crippen LogP contribution in [0, 0.1) is 0 Å². The summed E-state index contributed by atoms with van der Waals surface area (Å²) < 4.78 is 5.42. The van der Waals surface area contributed by atoms with Gasteiger partial charge in [-0.15, -0.1) is 0 Å². The van der Waals surface area contributed by atoms with Gasteiger partial charge in [-0.25, -0.2) is 0 Å². The Kier molecular flexibility index (Phi) is 3.27. The Morgan fingerprint density at radius 2 is 2.33 bits per heavy atom. The smallest absolute Gasteiger partial charge is 0.122 e. The van der Waals surface area contributed by atoms with Gasteiger partial charge >= 0.3 is 0 Å². The minimum atomic E-state index is 0.661. The molecule has 2 nitrogen and oxygen atoms in total. The van der Waals surface area contributed by atoms with Crippen LogP contribution in [0.4, 0.5) is 0 Å². The van der Waals surface area contributed by atoms with Crippen LogP contribution in [0.15, 0.2) is 18.2 Å². The standard InChI is InChI=1S/C13H19NO/c1-14-9-10-5-3-7-12-11(10)6-4-8-13(12)15-2/h4,6,8,10,14H,3,5,7,9H2,1-2H3/t10-/m0/s1. The van der Waals surface area contributed by atoms with E-state index in [0.717, 1.165) is 12.3 Å². The highest BCUT2D eigenvalue weighted by Gasteiger charge is 2.21. The fourth-order valence-electron chi connectivity index (χ4n) is 2.56. The predicted octanol–water partition coefficient (Wildman–Crippen LogP) is 2.33. The van der Waals surface area contributed by atoms with Gasteiger partial charge in [0.05, 0.1) is 7.11 Å².